The van der Waals surface area contributed by atoms with Gasteiger partial charge < -0.3 is 10.6 Å². The van der Waals surface area contributed by atoms with E-state index in [-0.39, 0.29) is 36.2 Å². The summed E-state index contributed by atoms with van der Waals surface area (Å²) < 4.78 is 0. The molecule has 0 aromatic heterocycles. The largest absolute Gasteiger partial charge is 0.337 e. The Morgan fingerprint density at radius 2 is 1.75 bits per heavy atom. The van der Waals surface area contributed by atoms with E-state index < -0.39 is 0 Å². The van der Waals surface area contributed by atoms with Crippen LogP contribution in [0.25, 0.3) is 0 Å². The first kappa shape index (κ1) is 20.0. The van der Waals surface area contributed by atoms with Crippen LogP contribution in [0.5, 0.6) is 0 Å². The van der Waals surface area contributed by atoms with E-state index in [1.807, 2.05) is 30.3 Å². The standard InChI is InChI=1S/C21H21N3O3.ClH/c22-16-9-10-23(13-16)19(25)15-6-7-17-18(12-15)21(27)24(20(17)26)11-8-14-4-2-1-3-5-14;/h1-7,12,16H,8-11,13,22H2;1H/t16-;/m1./s1. The van der Waals surface area contributed by atoms with Gasteiger partial charge in [0.05, 0.1) is 11.1 Å². The van der Waals surface area contributed by atoms with Crippen molar-refractivity contribution < 1.29 is 14.4 Å². The lowest BCUT2D eigenvalue weighted by atomic mass is 10.0. The number of nitrogens with two attached hydrogens (primary N) is 1. The molecule has 1 saturated heterocycles. The molecule has 2 N–H and O–H groups in total. The van der Waals surface area contributed by atoms with Crippen LogP contribution in [0.15, 0.2) is 48.5 Å². The number of rotatable bonds is 4. The Bertz CT molecular complexity index is 916. The van der Waals surface area contributed by atoms with Crippen LogP contribution in [0.4, 0.5) is 0 Å². The van der Waals surface area contributed by atoms with Crippen molar-refractivity contribution >= 4 is 30.1 Å². The molecule has 4 rings (SSSR count). The minimum Gasteiger partial charge on any atom is -0.337 e. The summed E-state index contributed by atoms with van der Waals surface area (Å²) in [6.45, 7) is 1.46. The second-order valence-corrected chi connectivity index (χ2v) is 7.06. The molecule has 6 nitrogen and oxygen atoms in total. The number of halogens is 1. The Kier molecular flexibility index (Phi) is 5.82. The quantitative estimate of drug-likeness (QED) is 0.798. The summed E-state index contributed by atoms with van der Waals surface area (Å²) in [7, 11) is 0. The van der Waals surface area contributed by atoms with Gasteiger partial charge in [-0.15, -0.1) is 12.4 Å². The highest BCUT2D eigenvalue weighted by molar-refractivity contribution is 6.22. The number of amides is 3. The maximum atomic E-state index is 12.7. The lowest BCUT2D eigenvalue weighted by molar-refractivity contribution is 0.0655. The first-order valence-electron chi connectivity index (χ1n) is 9.13. The fourth-order valence-electron chi connectivity index (χ4n) is 3.67. The molecule has 146 valence electrons. The van der Waals surface area contributed by atoms with Crippen molar-refractivity contribution in [1.82, 2.24) is 9.80 Å². The number of benzene rings is 2. The summed E-state index contributed by atoms with van der Waals surface area (Å²) in [6, 6.07) is 14.5. The van der Waals surface area contributed by atoms with Gasteiger partial charge in [0, 0.05) is 31.2 Å². The molecule has 2 aromatic rings. The molecule has 28 heavy (non-hydrogen) atoms. The topological polar surface area (TPSA) is 83.7 Å². The van der Waals surface area contributed by atoms with Crippen LogP contribution in [0, 0.1) is 0 Å². The summed E-state index contributed by atoms with van der Waals surface area (Å²) in [4.78, 5) is 40.9. The van der Waals surface area contributed by atoms with Crippen molar-refractivity contribution in [2.75, 3.05) is 19.6 Å². The summed E-state index contributed by atoms with van der Waals surface area (Å²) in [5.41, 5.74) is 8.03. The number of imide groups is 1. The first-order valence-corrected chi connectivity index (χ1v) is 9.13. The van der Waals surface area contributed by atoms with E-state index >= 15 is 0 Å². The molecule has 0 bridgehead atoms. The van der Waals surface area contributed by atoms with Crippen LogP contribution >= 0.6 is 12.4 Å². The van der Waals surface area contributed by atoms with Crippen molar-refractivity contribution in [3.8, 4) is 0 Å². The van der Waals surface area contributed by atoms with Gasteiger partial charge in [-0.25, -0.2) is 0 Å². The van der Waals surface area contributed by atoms with Crippen molar-refractivity contribution in [2.24, 2.45) is 5.73 Å². The number of carbonyl (C=O) groups is 3. The number of nitrogens with zero attached hydrogens (tertiary/aromatic N) is 2. The molecule has 0 unspecified atom stereocenters. The summed E-state index contributed by atoms with van der Waals surface area (Å²) in [6.07, 6.45) is 1.38. The summed E-state index contributed by atoms with van der Waals surface area (Å²) in [5, 5.41) is 0. The van der Waals surface area contributed by atoms with Crippen LogP contribution in [-0.2, 0) is 6.42 Å². The van der Waals surface area contributed by atoms with Crippen molar-refractivity contribution in [3.05, 3.63) is 70.8 Å². The number of carbonyl (C=O) groups excluding carboxylic acids is 3. The highest BCUT2D eigenvalue weighted by Crippen LogP contribution is 2.25. The van der Waals surface area contributed by atoms with Crippen LogP contribution in [0.2, 0.25) is 0 Å². The lowest BCUT2D eigenvalue weighted by Crippen LogP contribution is -2.32. The van der Waals surface area contributed by atoms with Crippen molar-refractivity contribution in [3.63, 3.8) is 0 Å². The average molecular weight is 400 g/mol. The highest BCUT2D eigenvalue weighted by Gasteiger charge is 2.36. The molecule has 0 aliphatic carbocycles. The number of fused-ring (bicyclic) bond motifs is 1. The van der Waals surface area contributed by atoms with Crippen LogP contribution in [-0.4, -0.2) is 53.2 Å². The van der Waals surface area contributed by atoms with E-state index in [1.165, 1.54) is 4.90 Å². The number of hydrogen-bond acceptors (Lipinski definition) is 4. The molecule has 1 atom stereocenters. The molecule has 3 amide bonds. The number of hydrogen-bond donors (Lipinski definition) is 1. The van der Waals surface area contributed by atoms with Gasteiger partial charge in [-0.05, 0) is 36.6 Å². The molecule has 0 spiro atoms. The Labute approximate surface area is 169 Å². The SMILES string of the molecule is Cl.N[C@@H]1CCN(C(=O)c2ccc3c(c2)C(=O)N(CCc2ccccc2)C3=O)C1. The van der Waals surface area contributed by atoms with Gasteiger partial charge >= 0.3 is 0 Å². The van der Waals surface area contributed by atoms with Gasteiger partial charge in [-0.2, -0.15) is 0 Å². The zero-order valence-corrected chi connectivity index (χ0v) is 16.2. The van der Waals surface area contributed by atoms with E-state index in [9.17, 15) is 14.4 Å². The van der Waals surface area contributed by atoms with Gasteiger partial charge in [0.1, 0.15) is 0 Å². The molecule has 0 radical (unpaired) electrons. The van der Waals surface area contributed by atoms with Gasteiger partial charge in [0.25, 0.3) is 17.7 Å². The third-order valence-corrected chi connectivity index (χ3v) is 5.20. The molecule has 2 heterocycles. The normalized spacial score (nSPS) is 18.2. The fraction of sp³-hybridized carbons (Fsp3) is 0.286. The molecule has 7 heteroatoms. The molecule has 2 aliphatic rings. The Hall–Kier alpha value is -2.70. The highest BCUT2D eigenvalue weighted by atomic mass is 35.5. The predicted molar refractivity (Wildman–Crippen MR) is 108 cm³/mol. The molecular weight excluding hydrogens is 378 g/mol. The Balaban J connectivity index is 0.00000225. The van der Waals surface area contributed by atoms with Crippen LogP contribution < -0.4 is 5.73 Å². The lowest BCUT2D eigenvalue weighted by Gasteiger charge is -2.16. The first-order chi connectivity index (χ1) is 13.0. The zero-order chi connectivity index (χ0) is 19.0. The van der Waals surface area contributed by atoms with Gasteiger partial charge in [0.15, 0.2) is 0 Å². The summed E-state index contributed by atoms with van der Waals surface area (Å²) in [5.74, 6) is -0.777. The van der Waals surface area contributed by atoms with Gasteiger partial charge in [0.2, 0.25) is 0 Å². The second kappa shape index (κ2) is 8.12. The van der Waals surface area contributed by atoms with E-state index in [1.54, 1.807) is 23.1 Å². The predicted octanol–water partition coefficient (Wildman–Crippen LogP) is 2.12. The molecular formula is C21H22ClN3O3. The maximum absolute atomic E-state index is 12.7. The zero-order valence-electron chi connectivity index (χ0n) is 15.3. The monoisotopic (exact) mass is 399 g/mol. The third-order valence-electron chi connectivity index (χ3n) is 5.20. The van der Waals surface area contributed by atoms with E-state index in [0.717, 1.165) is 12.0 Å². The van der Waals surface area contributed by atoms with E-state index in [0.29, 0.717) is 42.7 Å². The van der Waals surface area contributed by atoms with Crippen molar-refractivity contribution in [1.29, 1.82) is 0 Å². The van der Waals surface area contributed by atoms with Gasteiger partial charge in [-0.1, -0.05) is 30.3 Å². The molecule has 2 aliphatic heterocycles. The van der Waals surface area contributed by atoms with Gasteiger partial charge in [-0.3, -0.25) is 19.3 Å². The van der Waals surface area contributed by atoms with E-state index in [4.69, 9.17) is 5.73 Å². The third kappa shape index (κ3) is 3.66. The number of likely N-dealkylation sites (tertiary alicyclic amines) is 1. The fourth-order valence-corrected chi connectivity index (χ4v) is 3.67. The Morgan fingerprint density at radius 1 is 1.04 bits per heavy atom. The molecule has 2 aromatic carbocycles. The van der Waals surface area contributed by atoms with Crippen LogP contribution in [0.1, 0.15) is 43.1 Å². The smallest absolute Gasteiger partial charge is 0.261 e. The molecule has 1 fully saturated rings. The van der Waals surface area contributed by atoms with E-state index in [2.05, 4.69) is 0 Å². The minimum atomic E-state index is -0.335. The van der Waals surface area contributed by atoms with Crippen LogP contribution in [0.3, 0.4) is 0 Å². The molecule has 0 saturated carbocycles. The Morgan fingerprint density at radius 3 is 2.43 bits per heavy atom. The minimum absolute atomic E-state index is 0. The average Bonchev–Trinajstić information content (AvgIpc) is 3.22. The second-order valence-electron chi connectivity index (χ2n) is 7.06. The summed E-state index contributed by atoms with van der Waals surface area (Å²) >= 11 is 0. The maximum Gasteiger partial charge on any atom is 0.261 e. The van der Waals surface area contributed by atoms with Crippen molar-refractivity contribution in [2.45, 2.75) is 18.9 Å².